The lowest BCUT2D eigenvalue weighted by molar-refractivity contribution is 0.0948. The highest BCUT2D eigenvalue weighted by Gasteiger charge is 2.16. The van der Waals surface area contributed by atoms with Crippen molar-refractivity contribution in [1.29, 1.82) is 0 Å². The average Bonchev–Trinajstić information content (AvgIpc) is 3.28. The van der Waals surface area contributed by atoms with Crippen LogP contribution in [0.4, 0.5) is 0 Å². The van der Waals surface area contributed by atoms with Gasteiger partial charge in [0.15, 0.2) is 0 Å². The number of pyridine rings is 1. The summed E-state index contributed by atoms with van der Waals surface area (Å²) in [5.41, 5.74) is 5.59. The summed E-state index contributed by atoms with van der Waals surface area (Å²) in [6.45, 7) is 3.78. The lowest BCUT2D eigenvalue weighted by Crippen LogP contribution is -2.33. The zero-order valence-electron chi connectivity index (χ0n) is 18.6. The van der Waals surface area contributed by atoms with Crippen molar-refractivity contribution in [2.24, 2.45) is 0 Å². The van der Waals surface area contributed by atoms with Gasteiger partial charge in [-0.25, -0.2) is 4.98 Å². The van der Waals surface area contributed by atoms with Gasteiger partial charge < -0.3 is 9.72 Å². The SMILES string of the molecule is O=C(NCCCN1CCc2ccccc2C1)c1ccccc1SCc1cn2ccccc2n1. The predicted molar refractivity (Wildman–Crippen MR) is 134 cm³/mol. The van der Waals surface area contributed by atoms with Crippen molar-refractivity contribution in [3.05, 3.63) is 102 Å². The summed E-state index contributed by atoms with van der Waals surface area (Å²) in [7, 11) is 0. The minimum Gasteiger partial charge on any atom is -0.352 e. The van der Waals surface area contributed by atoms with Crippen LogP contribution in [0.3, 0.4) is 0 Å². The highest BCUT2D eigenvalue weighted by Crippen LogP contribution is 2.26. The third-order valence-corrected chi connectivity index (χ3v) is 7.17. The Balaban J connectivity index is 1.12. The number of thioether (sulfide) groups is 1. The molecule has 0 aliphatic carbocycles. The van der Waals surface area contributed by atoms with Gasteiger partial charge in [-0.2, -0.15) is 0 Å². The van der Waals surface area contributed by atoms with E-state index >= 15 is 0 Å². The smallest absolute Gasteiger partial charge is 0.252 e. The van der Waals surface area contributed by atoms with Gasteiger partial charge in [-0.15, -0.1) is 11.8 Å². The monoisotopic (exact) mass is 456 g/mol. The molecule has 1 aliphatic rings. The molecule has 5 nitrogen and oxygen atoms in total. The van der Waals surface area contributed by atoms with Crippen LogP contribution in [0.5, 0.6) is 0 Å². The van der Waals surface area contributed by atoms with Gasteiger partial charge in [0.1, 0.15) is 5.65 Å². The maximum atomic E-state index is 12.9. The molecule has 0 radical (unpaired) electrons. The summed E-state index contributed by atoms with van der Waals surface area (Å²) in [5.74, 6) is 0.722. The van der Waals surface area contributed by atoms with E-state index in [1.807, 2.05) is 59.3 Å². The largest absolute Gasteiger partial charge is 0.352 e. The third kappa shape index (κ3) is 5.29. The zero-order valence-corrected chi connectivity index (χ0v) is 19.4. The Kier molecular flexibility index (Phi) is 6.74. The topological polar surface area (TPSA) is 49.6 Å². The number of amides is 1. The van der Waals surface area contributed by atoms with Gasteiger partial charge in [0, 0.05) is 49.2 Å². The lowest BCUT2D eigenvalue weighted by atomic mass is 10.00. The number of fused-ring (bicyclic) bond motifs is 2. The number of nitrogens with zero attached hydrogens (tertiary/aromatic N) is 3. The van der Waals surface area contributed by atoms with Crippen molar-refractivity contribution < 1.29 is 4.79 Å². The Morgan fingerprint density at radius 3 is 2.73 bits per heavy atom. The number of nitrogens with one attached hydrogen (secondary N) is 1. The second kappa shape index (κ2) is 10.2. The third-order valence-electron chi connectivity index (χ3n) is 6.07. The quantitative estimate of drug-likeness (QED) is 0.306. The molecule has 2 aromatic carbocycles. The van der Waals surface area contributed by atoms with E-state index in [2.05, 4.69) is 39.5 Å². The van der Waals surface area contributed by atoms with Crippen LogP contribution in [-0.2, 0) is 18.7 Å². The van der Waals surface area contributed by atoms with Crippen LogP contribution in [0.2, 0.25) is 0 Å². The van der Waals surface area contributed by atoms with Crippen molar-refractivity contribution in [2.45, 2.75) is 30.0 Å². The summed E-state index contributed by atoms with van der Waals surface area (Å²) in [6.07, 6.45) is 6.11. The molecule has 1 amide bonds. The number of carbonyl (C=O) groups excluding carboxylic acids is 1. The van der Waals surface area contributed by atoms with Crippen molar-refractivity contribution >= 4 is 23.3 Å². The van der Waals surface area contributed by atoms with Crippen LogP contribution in [-0.4, -0.2) is 39.8 Å². The van der Waals surface area contributed by atoms with E-state index in [4.69, 9.17) is 0 Å². The Bertz CT molecular complexity index is 1220. The normalized spacial score (nSPS) is 13.7. The number of hydrogen-bond acceptors (Lipinski definition) is 4. The minimum atomic E-state index is -0.00269. The van der Waals surface area contributed by atoms with E-state index < -0.39 is 0 Å². The fourth-order valence-electron chi connectivity index (χ4n) is 4.33. The molecule has 2 aromatic heterocycles. The maximum Gasteiger partial charge on any atom is 0.252 e. The van der Waals surface area contributed by atoms with Crippen LogP contribution in [0.25, 0.3) is 5.65 Å². The predicted octanol–water partition coefficient (Wildman–Crippen LogP) is 4.80. The van der Waals surface area contributed by atoms with Gasteiger partial charge in [-0.3, -0.25) is 9.69 Å². The molecule has 0 fully saturated rings. The lowest BCUT2D eigenvalue weighted by Gasteiger charge is -2.28. The highest BCUT2D eigenvalue weighted by atomic mass is 32.2. The summed E-state index contributed by atoms with van der Waals surface area (Å²) in [4.78, 5) is 21.0. The molecule has 0 bridgehead atoms. The van der Waals surface area contributed by atoms with E-state index in [9.17, 15) is 4.79 Å². The number of imidazole rings is 1. The fourth-order valence-corrected chi connectivity index (χ4v) is 5.27. The highest BCUT2D eigenvalue weighted by molar-refractivity contribution is 7.98. The standard InChI is InChI=1S/C27H28N4OS/c32-27(28-14-7-15-30-17-13-21-8-1-2-9-22(21)18-30)24-10-3-4-11-25(24)33-20-23-19-31-16-6-5-12-26(31)29-23/h1-6,8-12,16,19H,7,13-15,17-18,20H2,(H,28,32). The Hall–Kier alpha value is -3.09. The van der Waals surface area contributed by atoms with Gasteiger partial charge in [0.2, 0.25) is 0 Å². The summed E-state index contributed by atoms with van der Waals surface area (Å²) < 4.78 is 2.02. The number of rotatable bonds is 8. The molecule has 6 heteroatoms. The first kappa shape index (κ1) is 21.7. The van der Waals surface area contributed by atoms with E-state index in [1.165, 1.54) is 11.1 Å². The molecule has 3 heterocycles. The maximum absolute atomic E-state index is 12.9. The number of hydrogen-bond donors (Lipinski definition) is 1. The number of benzene rings is 2. The van der Waals surface area contributed by atoms with Crippen molar-refractivity contribution in [1.82, 2.24) is 19.6 Å². The van der Waals surface area contributed by atoms with Crippen molar-refractivity contribution in [2.75, 3.05) is 19.6 Å². The molecule has 0 saturated heterocycles. The van der Waals surface area contributed by atoms with E-state index in [-0.39, 0.29) is 5.91 Å². The fraction of sp³-hybridized carbons (Fsp3) is 0.259. The summed E-state index contributed by atoms with van der Waals surface area (Å²) in [5, 5.41) is 3.12. The van der Waals surface area contributed by atoms with Crippen LogP contribution < -0.4 is 5.32 Å². The van der Waals surface area contributed by atoms with Crippen LogP contribution in [0.1, 0.15) is 33.6 Å². The minimum absolute atomic E-state index is 0.00269. The summed E-state index contributed by atoms with van der Waals surface area (Å²) in [6, 6.07) is 22.5. The molecule has 0 atom stereocenters. The van der Waals surface area contributed by atoms with Gasteiger partial charge in [0.25, 0.3) is 5.91 Å². The first-order chi connectivity index (χ1) is 16.3. The van der Waals surface area contributed by atoms with Gasteiger partial charge >= 0.3 is 0 Å². The molecule has 0 unspecified atom stereocenters. The molecule has 33 heavy (non-hydrogen) atoms. The van der Waals surface area contributed by atoms with Crippen LogP contribution in [0.15, 0.2) is 84.0 Å². The molecule has 1 N–H and O–H groups in total. The number of aromatic nitrogens is 2. The molecular formula is C27H28N4OS. The van der Waals surface area contributed by atoms with E-state index in [0.29, 0.717) is 6.54 Å². The molecule has 0 saturated carbocycles. The van der Waals surface area contributed by atoms with Crippen LogP contribution in [0, 0.1) is 0 Å². The van der Waals surface area contributed by atoms with Crippen molar-refractivity contribution in [3.8, 4) is 0 Å². The Morgan fingerprint density at radius 1 is 1.00 bits per heavy atom. The second-order valence-electron chi connectivity index (χ2n) is 8.39. The van der Waals surface area contributed by atoms with Gasteiger partial charge in [0.05, 0.1) is 11.3 Å². The Labute approximate surface area is 198 Å². The molecule has 4 aromatic rings. The second-order valence-corrected chi connectivity index (χ2v) is 9.40. The molecule has 0 spiro atoms. The zero-order chi connectivity index (χ0) is 22.5. The van der Waals surface area contributed by atoms with Gasteiger partial charge in [-0.05, 0) is 48.2 Å². The van der Waals surface area contributed by atoms with E-state index in [1.54, 1.807) is 11.8 Å². The first-order valence-electron chi connectivity index (χ1n) is 11.5. The molecule has 1 aliphatic heterocycles. The molecule has 5 rings (SSSR count). The molecular weight excluding hydrogens is 428 g/mol. The number of carbonyl (C=O) groups is 1. The average molecular weight is 457 g/mol. The van der Waals surface area contributed by atoms with E-state index in [0.717, 1.165) is 60.0 Å². The first-order valence-corrected chi connectivity index (χ1v) is 12.5. The Morgan fingerprint density at radius 2 is 1.82 bits per heavy atom. The van der Waals surface area contributed by atoms with Crippen LogP contribution >= 0.6 is 11.8 Å². The summed E-state index contributed by atoms with van der Waals surface area (Å²) >= 11 is 1.65. The van der Waals surface area contributed by atoms with Gasteiger partial charge in [-0.1, -0.05) is 42.5 Å². The van der Waals surface area contributed by atoms with Crippen molar-refractivity contribution in [3.63, 3.8) is 0 Å². The molecule has 168 valence electrons.